The van der Waals surface area contributed by atoms with Gasteiger partial charge in [-0.1, -0.05) is 58.0 Å². The second-order valence-corrected chi connectivity index (χ2v) is 9.97. The normalized spacial score (nSPS) is 17.9. The average Bonchev–Trinajstić information content (AvgIpc) is 3.13. The first-order valence-corrected chi connectivity index (χ1v) is 10.8. The zero-order valence-electron chi connectivity index (χ0n) is 18.0. The zero-order valence-corrected chi connectivity index (χ0v) is 18.0. The predicted octanol–water partition coefficient (Wildman–Crippen LogP) is 6.16. The van der Waals surface area contributed by atoms with Crippen molar-refractivity contribution in [3.8, 4) is 22.9 Å². The second kappa shape index (κ2) is 5.75. The number of para-hydroxylation sites is 2. The Balaban J connectivity index is 1.66. The van der Waals surface area contributed by atoms with Crippen LogP contribution in [0.5, 0.6) is 11.5 Å². The lowest BCUT2D eigenvalue weighted by molar-refractivity contribution is -0.575. The molecule has 0 fully saturated rings. The Labute approximate surface area is 177 Å². The number of fused-ring (bicyclic) bond motifs is 3. The highest BCUT2D eigenvalue weighted by atomic mass is 16.5. The van der Waals surface area contributed by atoms with Gasteiger partial charge in [0.05, 0.1) is 11.2 Å². The van der Waals surface area contributed by atoms with Crippen molar-refractivity contribution in [2.45, 2.75) is 51.4 Å². The topological polar surface area (TPSA) is 18.0 Å². The number of hydrogen-bond acceptors (Lipinski definition) is 1. The summed E-state index contributed by atoms with van der Waals surface area (Å²) in [5, 5.41) is 0. The number of imidazole rings is 1. The summed E-state index contributed by atoms with van der Waals surface area (Å²) >= 11 is 0. The van der Waals surface area contributed by atoms with Gasteiger partial charge in [0.1, 0.15) is 22.7 Å². The molecule has 3 aromatic carbocycles. The van der Waals surface area contributed by atoms with Gasteiger partial charge in [0.25, 0.3) is 6.33 Å². The Morgan fingerprint density at radius 3 is 2.27 bits per heavy atom. The highest BCUT2D eigenvalue weighted by Gasteiger charge is 2.39. The van der Waals surface area contributed by atoms with Crippen LogP contribution in [0.25, 0.3) is 22.4 Å². The Morgan fingerprint density at radius 1 is 0.833 bits per heavy atom. The highest BCUT2D eigenvalue weighted by Crippen LogP contribution is 2.49. The maximum absolute atomic E-state index is 6.47. The van der Waals surface area contributed by atoms with Crippen LogP contribution < -0.4 is 9.30 Å². The molecule has 3 heteroatoms. The van der Waals surface area contributed by atoms with E-state index in [-0.39, 0.29) is 10.8 Å². The van der Waals surface area contributed by atoms with Gasteiger partial charge in [0.15, 0.2) is 0 Å². The summed E-state index contributed by atoms with van der Waals surface area (Å²) < 4.78 is 10.8. The van der Waals surface area contributed by atoms with E-state index < -0.39 is 0 Å². The first-order chi connectivity index (χ1) is 14.4. The van der Waals surface area contributed by atoms with Gasteiger partial charge in [-0.2, -0.15) is 0 Å². The fourth-order valence-electron chi connectivity index (χ4n) is 5.11. The molecule has 0 unspecified atom stereocenters. The predicted molar refractivity (Wildman–Crippen MR) is 119 cm³/mol. The molecule has 0 bridgehead atoms. The Hall–Kier alpha value is -3.07. The van der Waals surface area contributed by atoms with Gasteiger partial charge in [0.2, 0.25) is 0 Å². The van der Waals surface area contributed by atoms with Crippen LogP contribution in [-0.4, -0.2) is 4.57 Å². The third-order valence-corrected chi connectivity index (χ3v) is 7.05. The third kappa shape index (κ3) is 2.35. The smallest absolute Gasteiger partial charge is 0.270 e. The second-order valence-electron chi connectivity index (χ2n) is 9.97. The summed E-state index contributed by atoms with van der Waals surface area (Å²) in [6.07, 6.45) is 6.00. The quantitative estimate of drug-likeness (QED) is 0.246. The van der Waals surface area contributed by atoms with Crippen LogP contribution in [0.2, 0.25) is 0 Å². The van der Waals surface area contributed by atoms with Crippen molar-refractivity contribution in [3.05, 3.63) is 78.1 Å². The summed E-state index contributed by atoms with van der Waals surface area (Å²) in [6.45, 7) is 9.44. The summed E-state index contributed by atoms with van der Waals surface area (Å²) in [7, 11) is 0. The Bertz CT molecular complexity index is 1310. The summed E-state index contributed by atoms with van der Waals surface area (Å²) in [6, 6.07) is 21.3. The summed E-state index contributed by atoms with van der Waals surface area (Å²) in [5.41, 5.74) is 7.50. The van der Waals surface area contributed by atoms with Crippen LogP contribution in [-0.2, 0) is 10.8 Å². The van der Waals surface area contributed by atoms with Gasteiger partial charge in [-0.05, 0) is 65.1 Å². The maximum Gasteiger partial charge on any atom is 0.270 e. The largest absolute Gasteiger partial charge is 0.465 e. The molecule has 0 spiro atoms. The maximum atomic E-state index is 6.47. The first-order valence-electron chi connectivity index (χ1n) is 10.8. The van der Waals surface area contributed by atoms with Crippen molar-refractivity contribution in [2.24, 2.45) is 0 Å². The van der Waals surface area contributed by atoms with E-state index in [1.807, 2.05) is 6.07 Å². The Morgan fingerprint density at radius 2 is 1.53 bits per heavy atom. The van der Waals surface area contributed by atoms with Crippen LogP contribution in [0.4, 0.5) is 0 Å². The van der Waals surface area contributed by atoms with E-state index in [0.717, 1.165) is 33.9 Å². The lowest BCUT2D eigenvalue weighted by Gasteiger charge is -2.42. The minimum Gasteiger partial charge on any atom is -0.465 e. The SMILES string of the molecule is CC1(C)CCC(C)(C)c2cc3c(cc21)Oc1cccc2c1[n+]-3[c-]n2-c1ccccc1. The van der Waals surface area contributed by atoms with Crippen LogP contribution >= 0.6 is 0 Å². The number of ether oxygens (including phenoxy) is 1. The van der Waals surface area contributed by atoms with Gasteiger partial charge < -0.3 is 4.74 Å². The minimum absolute atomic E-state index is 0.151. The fourth-order valence-corrected chi connectivity index (χ4v) is 5.11. The van der Waals surface area contributed by atoms with Crippen molar-refractivity contribution < 1.29 is 9.30 Å². The number of aromatic nitrogens is 2. The fraction of sp³-hybridized carbons (Fsp3) is 0.296. The molecule has 0 amide bonds. The van der Waals surface area contributed by atoms with Crippen molar-refractivity contribution >= 4 is 11.0 Å². The van der Waals surface area contributed by atoms with Gasteiger partial charge >= 0.3 is 0 Å². The minimum atomic E-state index is 0.151. The standard InChI is InChI=1S/C27H26N2O/c1-26(2)13-14-27(3,4)20-16-24-22(15-19(20)26)29-17-28(18-9-6-5-7-10-18)21-11-8-12-23(30-24)25(21)29/h5-12,15-16H,13-14H2,1-4H3. The monoisotopic (exact) mass is 394 g/mol. The van der Waals surface area contributed by atoms with Crippen molar-refractivity contribution in [1.29, 1.82) is 0 Å². The van der Waals surface area contributed by atoms with E-state index >= 15 is 0 Å². The van der Waals surface area contributed by atoms with Crippen molar-refractivity contribution in [1.82, 2.24) is 4.57 Å². The number of nitrogens with zero attached hydrogens (tertiary/aromatic N) is 2. The molecule has 2 aliphatic rings. The Kier molecular flexibility index (Phi) is 3.41. The van der Waals surface area contributed by atoms with Gasteiger partial charge in [-0.3, -0.25) is 9.13 Å². The van der Waals surface area contributed by atoms with E-state index in [9.17, 15) is 0 Å². The van der Waals surface area contributed by atoms with E-state index in [1.54, 1.807) is 0 Å². The molecule has 0 N–H and O–H groups in total. The molecule has 1 aromatic heterocycles. The number of hydrogen-bond donors (Lipinski definition) is 0. The molecule has 6 rings (SSSR count). The lowest BCUT2D eigenvalue weighted by Crippen LogP contribution is -2.37. The average molecular weight is 395 g/mol. The van der Waals surface area contributed by atoms with Gasteiger partial charge in [-0.25, -0.2) is 0 Å². The first kappa shape index (κ1) is 17.8. The van der Waals surface area contributed by atoms with E-state index in [4.69, 9.17) is 4.74 Å². The van der Waals surface area contributed by atoms with Crippen LogP contribution in [0.15, 0.2) is 60.7 Å². The summed E-state index contributed by atoms with van der Waals surface area (Å²) in [4.78, 5) is 0. The molecule has 3 nitrogen and oxygen atoms in total. The summed E-state index contributed by atoms with van der Waals surface area (Å²) in [5.74, 6) is 1.81. The van der Waals surface area contributed by atoms with Crippen LogP contribution in [0.3, 0.4) is 0 Å². The van der Waals surface area contributed by atoms with Crippen LogP contribution in [0, 0.1) is 6.33 Å². The molecule has 0 saturated carbocycles. The number of rotatable bonds is 1. The molecule has 0 atom stereocenters. The van der Waals surface area contributed by atoms with E-state index in [1.165, 1.54) is 24.0 Å². The molecule has 4 aromatic rings. The molecule has 1 aliphatic carbocycles. The molecule has 150 valence electrons. The molecule has 30 heavy (non-hydrogen) atoms. The van der Waals surface area contributed by atoms with E-state index in [0.29, 0.717) is 0 Å². The molecule has 0 saturated heterocycles. The lowest BCUT2D eigenvalue weighted by atomic mass is 9.63. The van der Waals surface area contributed by atoms with Crippen molar-refractivity contribution in [3.63, 3.8) is 0 Å². The molecule has 1 aliphatic heterocycles. The van der Waals surface area contributed by atoms with Crippen molar-refractivity contribution in [2.75, 3.05) is 0 Å². The van der Waals surface area contributed by atoms with Gasteiger partial charge in [-0.15, -0.1) is 0 Å². The van der Waals surface area contributed by atoms with Gasteiger partial charge in [0, 0.05) is 0 Å². The molecular weight excluding hydrogens is 368 g/mol. The molecule has 0 radical (unpaired) electrons. The zero-order chi connectivity index (χ0) is 20.7. The van der Waals surface area contributed by atoms with E-state index in [2.05, 4.69) is 97.8 Å². The third-order valence-electron chi connectivity index (χ3n) is 7.05. The molecule has 2 heterocycles. The molecular formula is C27H26N2O. The van der Waals surface area contributed by atoms with Crippen LogP contribution in [0.1, 0.15) is 51.7 Å². The number of benzene rings is 3. The highest BCUT2D eigenvalue weighted by molar-refractivity contribution is 5.82.